The van der Waals surface area contributed by atoms with Gasteiger partial charge in [0.2, 0.25) is 0 Å². The molecule has 0 unspecified atom stereocenters. The fraction of sp³-hybridized carbons (Fsp3) is 0.533. The molecule has 106 valence electrons. The van der Waals surface area contributed by atoms with Gasteiger partial charge in [-0.1, -0.05) is 26.7 Å². The predicted octanol–water partition coefficient (Wildman–Crippen LogP) is 4.05. The Morgan fingerprint density at radius 3 is 2.47 bits per heavy atom. The molecule has 0 fully saturated rings. The third-order valence-corrected chi connectivity index (χ3v) is 3.29. The molecule has 0 heterocycles. The summed E-state index contributed by atoms with van der Waals surface area (Å²) < 4.78 is 4.62. The molecule has 0 aromatic heterocycles. The number of hydrogen-bond acceptors (Lipinski definition) is 3. The van der Waals surface area contributed by atoms with Gasteiger partial charge >= 0.3 is 6.16 Å². The van der Waals surface area contributed by atoms with Crippen LogP contribution in [0, 0.1) is 6.92 Å². The van der Waals surface area contributed by atoms with Gasteiger partial charge < -0.3 is 14.9 Å². The highest BCUT2D eigenvalue weighted by molar-refractivity contribution is 5.65. The average molecular weight is 266 g/mol. The number of phenols is 1. The highest BCUT2D eigenvalue weighted by atomic mass is 16.7. The highest BCUT2D eigenvalue weighted by Gasteiger charge is 2.17. The van der Waals surface area contributed by atoms with Crippen LogP contribution in [-0.4, -0.2) is 16.4 Å². The Hall–Kier alpha value is -1.71. The Balaban J connectivity index is 3.11. The van der Waals surface area contributed by atoms with Gasteiger partial charge in [-0.3, -0.25) is 0 Å². The van der Waals surface area contributed by atoms with Gasteiger partial charge in [0.25, 0.3) is 0 Å². The zero-order valence-electron chi connectivity index (χ0n) is 11.8. The second-order valence-corrected chi connectivity index (χ2v) is 4.68. The summed E-state index contributed by atoms with van der Waals surface area (Å²) in [6, 6.07) is 1.60. The smallest absolute Gasteiger partial charge is 0.504 e. The maximum atomic E-state index is 10.6. The van der Waals surface area contributed by atoms with E-state index < -0.39 is 6.16 Å². The van der Waals surface area contributed by atoms with Crippen LogP contribution in [0.2, 0.25) is 0 Å². The first-order chi connectivity index (χ1) is 9.01. The third-order valence-electron chi connectivity index (χ3n) is 3.29. The Kier molecular flexibility index (Phi) is 5.67. The minimum Gasteiger partial charge on any atom is -0.504 e. The molecule has 1 aromatic rings. The molecule has 0 amide bonds. The van der Waals surface area contributed by atoms with Crippen LogP contribution in [0.3, 0.4) is 0 Å². The quantitative estimate of drug-likeness (QED) is 0.463. The molecule has 0 atom stereocenters. The monoisotopic (exact) mass is 266 g/mol. The minimum atomic E-state index is -1.41. The van der Waals surface area contributed by atoms with Crippen molar-refractivity contribution in [1.29, 1.82) is 0 Å². The molecule has 0 radical (unpaired) electrons. The van der Waals surface area contributed by atoms with Crippen molar-refractivity contribution < 1.29 is 19.7 Å². The molecule has 4 nitrogen and oxygen atoms in total. The SMILES string of the molecule is CCCCCc1c(C)cc(OC(=O)O)c(O)c1CC. The summed E-state index contributed by atoms with van der Waals surface area (Å²) in [5.74, 6) is -0.0110. The van der Waals surface area contributed by atoms with Gasteiger partial charge in [-0.05, 0) is 43.4 Å². The van der Waals surface area contributed by atoms with Crippen molar-refractivity contribution in [2.75, 3.05) is 0 Å². The Labute approximate surface area is 114 Å². The molecule has 0 saturated heterocycles. The molecule has 0 aliphatic carbocycles. The number of benzene rings is 1. The second-order valence-electron chi connectivity index (χ2n) is 4.68. The van der Waals surface area contributed by atoms with Crippen LogP contribution >= 0.6 is 0 Å². The summed E-state index contributed by atoms with van der Waals surface area (Å²) in [7, 11) is 0. The molecular weight excluding hydrogens is 244 g/mol. The molecule has 19 heavy (non-hydrogen) atoms. The van der Waals surface area contributed by atoms with Gasteiger partial charge in [0.15, 0.2) is 11.5 Å². The normalized spacial score (nSPS) is 10.5. The first-order valence-electron chi connectivity index (χ1n) is 6.76. The lowest BCUT2D eigenvalue weighted by Gasteiger charge is -2.16. The Morgan fingerprint density at radius 2 is 1.95 bits per heavy atom. The minimum absolute atomic E-state index is 0.0288. The van der Waals surface area contributed by atoms with E-state index in [4.69, 9.17) is 5.11 Å². The van der Waals surface area contributed by atoms with Crippen molar-refractivity contribution >= 4 is 6.16 Å². The number of aryl methyl sites for hydroxylation is 1. The molecule has 0 aliphatic heterocycles. The summed E-state index contributed by atoms with van der Waals surface area (Å²) in [4.78, 5) is 10.6. The van der Waals surface area contributed by atoms with Crippen molar-refractivity contribution in [2.24, 2.45) is 0 Å². The van der Waals surface area contributed by atoms with Crippen molar-refractivity contribution in [3.05, 3.63) is 22.8 Å². The molecule has 2 N–H and O–H groups in total. The predicted molar refractivity (Wildman–Crippen MR) is 74.1 cm³/mol. The Bertz CT molecular complexity index is 452. The summed E-state index contributed by atoms with van der Waals surface area (Å²) in [6.45, 7) is 6.02. The lowest BCUT2D eigenvalue weighted by atomic mass is 9.94. The van der Waals surface area contributed by atoms with E-state index in [2.05, 4.69) is 11.7 Å². The van der Waals surface area contributed by atoms with Crippen LogP contribution in [0.5, 0.6) is 11.5 Å². The van der Waals surface area contributed by atoms with Crippen molar-refractivity contribution in [2.45, 2.75) is 52.9 Å². The summed E-state index contributed by atoms with van der Waals surface area (Å²) >= 11 is 0. The van der Waals surface area contributed by atoms with E-state index in [1.807, 2.05) is 13.8 Å². The second kappa shape index (κ2) is 7.02. The number of phenolic OH excluding ortho intramolecular Hbond substituents is 1. The van der Waals surface area contributed by atoms with Gasteiger partial charge in [0.05, 0.1) is 0 Å². The standard InChI is InChI=1S/C15H22O4/c1-4-6-7-8-12-10(3)9-13(19-15(17)18)14(16)11(12)5-2/h9,16H,4-8H2,1-3H3,(H,17,18). The number of rotatable bonds is 6. The number of carbonyl (C=O) groups is 1. The molecule has 1 aromatic carbocycles. The van der Waals surface area contributed by atoms with Gasteiger partial charge in [0.1, 0.15) is 0 Å². The van der Waals surface area contributed by atoms with Crippen LogP contribution in [0.4, 0.5) is 4.79 Å². The van der Waals surface area contributed by atoms with Gasteiger partial charge in [-0.15, -0.1) is 0 Å². The Morgan fingerprint density at radius 1 is 1.26 bits per heavy atom. The van der Waals surface area contributed by atoms with Crippen LogP contribution < -0.4 is 4.74 Å². The molecule has 0 spiro atoms. The number of aromatic hydroxyl groups is 1. The van der Waals surface area contributed by atoms with Crippen LogP contribution in [-0.2, 0) is 12.8 Å². The van der Waals surface area contributed by atoms with Gasteiger partial charge in [-0.2, -0.15) is 0 Å². The van der Waals surface area contributed by atoms with Crippen LogP contribution in [0.15, 0.2) is 6.07 Å². The molecule has 0 saturated carbocycles. The molecule has 0 bridgehead atoms. The van der Waals surface area contributed by atoms with Crippen molar-refractivity contribution in [3.8, 4) is 11.5 Å². The topological polar surface area (TPSA) is 66.8 Å². The fourth-order valence-corrected chi connectivity index (χ4v) is 2.33. The number of hydrogen-bond donors (Lipinski definition) is 2. The lowest BCUT2D eigenvalue weighted by Crippen LogP contribution is -2.06. The lowest BCUT2D eigenvalue weighted by molar-refractivity contribution is 0.142. The van der Waals surface area contributed by atoms with Crippen LogP contribution in [0.25, 0.3) is 0 Å². The third kappa shape index (κ3) is 3.88. The van der Waals surface area contributed by atoms with E-state index in [1.54, 1.807) is 6.07 Å². The summed E-state index contributed by atoms with van der Waals surface area (Å²) in [5, 5.41) is 18.8. The zero-order valence-corrected chi connectivity index (χ0v) is 11.8. The fourth-order valence-electron chi connectivity index (χ4n) is 2.33. The first kappa shape index (κ1) is 15.3. The maximum Gasteiger partial charge on any atom is 0.511 e. The molecule has 0 aliphatic rings. The molecule has 1 rings (SSSR count). The summed E-state index contributed by atoms with van der Waals surface area (Å²) in [5.41, 5.74) is 2.89. The number of ether oxygens (including phenoxy) is 1. The average Bonchev–Trinajstić information content (AvgIpc) is 2.34. The molecule has 4 heteroatoms. The van der Waals surface area contributed by atoms with E-state index in [0.717, 1.165) is 42.4 Å². The first-order valence-corrected chi connectivity index (χ1v) is 6.76. The van der Waals surface area contributed by atoms with E-state index in [9.17, 15) is 9.90 Å². The largest absolute Gasteiger partial charge is 0.511 e. The van der Waals surface area contributed by atoms with Crippen molar-refractivity contribution in [1.82, 2.24) is 0 Å². The van der Waals surface area contributed by atoms with Crippen LogP contribution in [0.1, 0.15) is 49.8 Å². The van der Waals surface area contributed by atoms with E-state index in [1.165, 1.54) is 0 Å². The van der Waals surface area contributed by atoms with E-state index in [-0.39, 0.29) is 11.5 Å². The van der Waals surface area contributed by atoms with E-state index in [0.29, 0.717) is 6.42 Å². The number of unbranched alkanes of at least 4 members (excludes halogenated alkanes) is 2. The summed E-state index contributed by atoms with van der Waals surface area (Å²) in [6.07, 6.45) is 3.52. The van der Waals surface area contributed by atoms with E-state index >= 15 is 0 Å². The van der Waals surface area contributed by atoms with Gasteiger partial charge in [0, 0.05) is 5.56 Å². The maximum absolute atomic E-state index is 10.6. The number of carboxylic acid groups (broad SMARTS) is 1. The van der Waals surface area contributed by atoms with Crippen molar-refractivity contribution in [3.63, 3.8) is 0 Å². The molecular formula is C15H22O4. The zero-order chi connectivity index (χ0) is 14.4. The van der Waals surface area contributed by atoms with Gasteiger partial charge in [-0.25, -0.2) is 4.79 Å². The highest BCUT2D eigenvalue weighted by Crippen LogP contribution is 2.36.